The van der Waals surface area contributed by atoms with Gasteiger partial charge in [-0.3, -0.25) is 9.59 Å². The molecule has 2 aromatic rings. The van der Waals surface area contributed by atoms with E-state index in [4.69, 9.17) is 0 Å². The Morgan fingerprint density at radius 2 is 1.97 bits per heavy atom. The second-order valence-corrected chi connectivity index (χ2v) is 10.6. The predicted molar refractivity (Wildman–Crippen MR) is 118 cm³/mol. The lowest BCUT2D eigenvalue weighted by molar-refractivity contribution is -0.120. The summed E-state index contributed by atoms with van der Waals surface area (Å²) in [5.41, 5.74) is 0.513. The molecule has 0 radical (unpaired) electrons. The van der Waals surface area contributed by atoms with Crippen LogP contribution in [0.2, 0.25) is 0 Å². The number of anilines is 1. The largest absolute Gasteiger partial charge is 0.348 e. The summed E-state index contributed by atoms with van der Waals surface area (Å²) in [7, 11) is -3.53. The standard InChI is InChI=1S/C21H27N3O4S2/c1-15-5-3-11-24(14-15)30(27,28)18-9-7-17(8-10-18)23-21(26)13-19(22-16(2)25)20-6-4-12-29-20/h4,6-10,12,15,19H,3,5,11,13-14H2,1-2H3,(H,22,25)(H,23,26). The smallest absolute Gasteiger partial charge is 0.243 e. The van der Waals surface area contributed by atoms with Crippen molar-refractivity contribution >= 4 is 38.9 Å². The lowest BCUT2D eigenvalue weighted by Crippen LogP contribution is -2.39. The van der Waals surface area contributed by atoms with Crippen LogP contribution in [0.15, 0.2) is 46.7 Å². The van der Waals surface area contributed by atoms with Crippen LogP contribution in [0, 0.1) is 5.92 Å². The van der Waals surface area contributed by atoms with Crippen LogP contribution in [0.1, 0.15) is 44.0 Å². The quantitative estimate of drug-likeness (QED) is 0.677. The molecule has 2 amide bonds. The number of nitrogens with one attached hydrogen (secondary N) is 2. The Morgan fingerprint density at radius 3 is 2.57 bits per heavy atom. The zero-order valence-electron chi connectivity index (χ0n) is 17.1. The van der Waals surface area contributed by atoms with Gasteiger partial charge in [-0.2, -0.15) is 4.31 Å². The van der Waals surface area contributed by atoms with E-state index in [1.54, 1.807) is 12.1 Å². The maximum Gasteiger partial charge on any atom is 0.243 e. The number of thiophene rings is 1. The van der Waals surface area contributed by atoms with Gasteiger partial charge in [0.15, 0.2) is 0 Å². The van der Waals surface area contributed by atoms with Crippen molar-refractivity contribution in [3.8, 4) is 0 Å². The molecule has 0 saturated carbocycles. The highest BCUT2D eigenvalue weighted by Gasteiger charge is 2.28. The summed E-state index contributed by atoms with van der Waals surface area (Å²) in [5, 5.41) is 7.47. The van der Waals surface area contributed by atoms with Gasteiger partial charge in [0.2, 0.25) is 21.8 Å². The Bertz CT molecular complexity index is 972. The maximum absolute atomic E-state index is 12.8. The predicted octanol–water partition coefficient (Wildman–Crippen LogP) is 3.37. The van der Waals surface area contributed by atoms with E-state index in [0.717, 1.165) is 17.7 Å². The van der Waals surface area contributed by atoms with Crippen molar-refractivity contribution in [3.05, 3.63) is 46.7 Å². The van der Waals surface area contributed by atoms with Crippen LogP contribution in [-0.4, -0.2) is 37.6 Å². The van der Waals surface area contributed by atoms with Crippen molar-refractivity contribution in [1.29, 1.82) is 0 Å². The number of carbonyl (C=O) groups is 2. The molecule has 2 N–H and O–H groups in total. The molecule has 1 aliphatic rings. The first-order valence-electron chi connectivity index (χ1n) is 9.96. The summed E-state index contributed by atoms with van der Waals surface area (Å²) < 4.78 is 27.2. The Balaban J connectivity index is 1.64. The second kappa shape index (κ2) is 9.72. The van der Waals surface area contributed by atoms with Gasteiger partial charge in [0.05, 0.1) is 17.4 Å². The summed E-state index contributed by atoms with van der Waals surface area (Å²) in [4.78, 5) is 25.1. The average Bonchev–Trinajstić information content (AvgIpc) is 3.22. The molecule has 1 aliphatic heterocycles. The highest BCUT2D eigenvalue weighted by Crippen LogP contribution is 2.25. The fourth-order valence-corrected chi connectivity index (χ4v) is 5.96. The van der Waals surface area contributed by atoms with Crippen molar-refractivity contribution in [2.45, 2.75) is 44.0 Å². The fourth-order valence-electron chi connectivity index (χ4n) is 3.58. The molecule has 0 bridgehead atoms. The Kier molecular flexibility index (Phi) is 7.27. The van der Waals surface area contributed by atoms with Crippen molar-refractivity contribution in [2.75, 3.05) is 18.4 Å². The van der Waals surface area contributed by atoms with E-state index in [1.807, 2.05) is 17.5 Å². The van der Waals surface area contributed by atoms with E-state index in [0.29, 0.717) is 24.7 Å². The molecule has 0 spiro atoms. The number of rotatable bonds is 7. The van der Waals surface area contributed by atoms with Crippen molar-refractivity contribution in [2.24, 2.45) is 5.92 Å². The number of sulfonamides is 1. The molecule has 7 nitrogen and oxygen atoms in total. The first-order chi connectivity index (χ1) is 14.3. The molecule has 3 rings (SSSR count). The zero-order chi connectivity index (χ0) is 21.7. The summed E-state index contributed by atoms with van der Waals surface area (Å²) in [5.74, 6) is -0.114. The van der Waals surface area contributed by atoms with Crippen molar-refractivity contribution in [3.63, 3.8) is 0 Å². The Hall–Kier alpha value is -2.23. The normalized spacial score (nSPS) is 18.5. The molecule has 1 aromatic carbocycles. The van der Waals surface area contributed by atoms with E-state index in [-0.39, 0.29) is 23.1 Å². The number of hydrogen-bond donors (Lipinski definition) is 2. The third-order valence-electron chi connectivity index (χ3n) is 5.05. The van der Waals surface area contributed by atoms with Gasteiger partial charge < -0.3 is 10.6 Å². The van der Waals surface area contributed by atoms with Crippen LogP contribution >= 0.6 is 11.3 Å². The SMILES string of the molecule is CC(=O)NC(CC(=O)Nc1ccc(S(=O)(=O)N2CCCC(C)C2)cc1)c1cccs1. The molecule has 1 saturated heterocycles. The highest BCUT2D eigenvalue weighted by molar-refractivity contribution is 7.89. The van der Waals surface area contributed by atoms with Gasteiger partial charge in [-0.15, -0.1) is 11.3 Å². The lowest BCUT2D eigenvalue weighted by atomic mass is 10.0. The van der Waals surface area contributed by atoms with E-state index < -0.39 is 16.1 Å². The van der Waals surface area contributed by atoms with E-state index >= 15 is 0 Å². The summed E-state index contributed by atoms with van der Waals surface area (Å²) in [6, 6.07) is 9.58. The van der Waals surface area contributed by atoms with Crippen LogP contribution in [0.4, 0.5) is 5.69 Å². The number of amides is 2. The van der Waals surface area contributed by atoms with Gasteiger partial charge in [-0.1, -0.05) is 13.0 Å². The van der Waals surface area contributed by atoms with Crippen LogP contribution in [0.5, 0.6) is 0 Å². The molecule has 162 valence electrons. The van der Waals surface area contributed by atoms with Gasteiger partial charge in [-0.05, 0) is 54.5 Å². The molecule has 30 heavy (non-hydrogen) atoms. The number of piperidine rings is 1. The summed E-state index contributed by atoms with van der Waals surface area (Å²) >= 11 is 1.47. The van der Waals surface area contributed by atoms with Crippen LogP contribution in [0.3, 0.4) is 0 Å². The second-order valence-electron chi connectivity index (χ2n) is 7.66. The van der Waals surface area contributed by atoms with E-state index in [9.17, 15) is 18.0 Å². The minimum atomic E-state index is -3.53. The molecular formula is C21H27N3O4S2. The molecule has 1 aromatic heterocycles. The highest BCUT2D eigenvalue weighted by atomic mass is 32.2. The van der Waals surface area contributed by atoms with Gasteiger partial charge in [0.25, 0.3) is 0 Å². The molecule has 0 aliphatic carbocycles. The van der Waals surface area contributed by atoms with Crippen LogP contribution in [-0.2, 0) is 19.6 Å². The van der Waals surface area contributed by atoms with Crippen LogP contribution < -0.4 is 10.6 Å². The number of benzene rings is 1. The topological polar surface area (TPSA) is 95.6 Å². The van der Waals surface area contributed by atoms with Gasteiger partial charge in [0.1, 0.15) is 0 Å². The minimum absolute atomic E-state index is 0.0891. The number of nitrogens with zero attached hydrogens (tertiary/aromatic N) is 1. The lowest BCUT2D eigenvalue weighted by Gasteiger charge is -2.30. The third kappa shape index (κ3) is 5.68. The molecule has 9 heteroatoms. The molecule has 2 heterocycles. The average molecular weight is 450 g/mol. The van der Waals surface area contributed by atoms with Crippen molar-refractivity contribution < 1.29 is 18.0 Å². The Labute approximate surface area is 181 Å². The van der Waals surface area contributed by atoms with Gasteiger partial charge in [0, 0.05) is 30.6 Å². The van der Waals surface area contributed by atoms with Crippen molar-refractivity contribution in [1.82, 2.24) is 9.62 Å². The van der Waals surface area contributed by atoms with Crippen LogP contribution in [0.25, 0.3) is 0 Å². The first-order valence-corrected chi connectivity index (χ1v) is 12.3. The first kappa shape index (κ1) is 22.5. The monoisotopic (exact) mass is 449 g/mol. The van der Waals surface area contributed by atoms with Gasteiger partial charge >= 0.3 is 0 Å². The molecular weight excluding hydrogens is 422 g/mol. The van der Waals surface area contributed by atoms with E-state index in [1.165, 1.54) is 34.7 Å². The summed E-state index contributed by atoms with van der Waals surface area (Å²) in [6.45, 7) is 4.55. The summed E-state index contributed by atoms with van der Waals surface area (Å²) in [6.07, 6.45) is 2.00. The molecule has 1 fully saturated rings. The maximum atomic E-state index is 12.8. The molecule has 2 unspecified atom stereocenters. The number of carbonyl (C=O) groups excluding carboxylic acids is 2. The molecule has 2 atom stereocenters. The van der Waals surface area contributed by atoms with E-state index in [2.05, 4.69) is 17.6 Å². The zero-order valence-corrected chi connectivity index (χ0v) is 18.8. The van der Waals surface area contributed by atoms with Gasteiger partial charge in [-0.25, -0.2) is 8.42 Å². The third-order valence-corrected chi connectivity index (χ3v) is 7.91. The number of hydrogen-bond acceptors (Lipinski definition) is 5. The fraction of sp³-hybridized carbons (Fsp3) is 0.429. The minimum Gasteiger partial charge on any atom is -0.348 e. The Morgan fingerprint density at radius 1 is 1.23 bits per heavy atom.